The summed E-state index contributed by atoms with van der Waals surface area (Å²) in [6.07, 6.45) is 11.9. The molecule has 0 bridgehead atoms. The molecule has 0 aromatic heterocycles. The van der Waals surface area contributed by atoms with Crippen LogP contribution in [0.4, 0.5) is 0 Å². The molecule has 0 amide bonds. The van der Waals surface area contributed by atoms with Crippen LogP contribution in [0.1, 0.15) is 99.7 Å². The fourth-order valence-electron chi connectivity index (χ4n) is 5.70. The number of benzene rings is 2. The van der Waals surface area contributed by atoms with Gasteiger partial charge in [-0.15, -0.1) is 0 Å². The van der Waals surface area contributed by atoms with Crippen LogP contribution < -0.4 is 4.74 Å². The van der Waals surface area contributed by atoms with Crippen molar-refractivity contribution in [2.24, 2.45) is 11.8 Å². The van der Waals surface area contributed by atoms with E-state index in [4.69, 9.17) is 4.74 Å². The third-order valence-corrected chi connectivity index (χ3v) is 7.72. The number of ether oxygens (including phenoxy) is 1. The van der Waals surface area contributed by atoms with E-state index in [9.17, 15) is 4.79 Å². The van der Waals surface area contributed by atoms with Crippen LogP contribution in [0.25, 0.3) is 0 Å². The van der Waals surface area contributed by atoms with Crippen molar-refractivity contribution >= 4 is 5.97 Å². The first-order valence-corrected chi connectivity index (χ1v) is 12.5. The van der Waals surface area contributed by atoms with E-state index in [0.29, 0.717) is 17.6 Å². The van der Waals surface area contributed by atoms with Crippen LogP contribution in [0.15, 0.2) is 48.5 Å². The second-order valence-electron chi connectivity index (χ2n) is 9.96. The normalized spacial score (nSPS) is 26.4. The second-order valence-corrected chi connectivity index (χ2v) is 9.96. The molecule has 0 saturated heterocycles. The number of aryl methyl sites for hydroxylation is 1. The highest BCUT2D eigenvalue weighted by Gasteiger charge is 2.28. The zero-order chi connectivity index (χ0) is 21.6. The molecule has 0 spiro atoms. The molecule has 2 saturated carbocycles. The first kappa shape index (κ1) is 22.1. The lowest BCUT2D eigenvalue weighted by Crippen LogP contribution is -2.25. The minimum Gasteiger partial charge on any atom is -0.426 e. The van der Waals surface area contributed by atoms with E-state index in [1.54, 1.807) is 0 Å². The minimum atomic E-state index is -0.0266. The van der Waals surface area contributed by atoms with Crippen LogP contribution in [-0.4, -0.2) is 5.97 Å². The van der Waals surface area contributed by atoms with E-state index in [1.165, 1.54) is 68.1 Å². The summed E-state index contributed by atoms with van der Waals surface area (Å²) < 4.78 is 5.74. The molecule has 2 aliphatic carbocycles. The highest BCUT2D eigenvalue weighted by molar-refractivity contribution is 5.75. The third kappa shape index (κ3) is 5.79. The second kappa shape index (κ2) is 10.5. The summed E-state index contributed by atoms with van der Waals surface area (Å²) in [5.74, 6) is 2.91. The quantitative estimate of drug-likeness (QED) is 0.351. The van der Waals surface area contributed by atoms with Gasteiger partial charge in [0.25, 0.3) is 0 Å². The van der Waals surface area contributed by atoms with Crippen molar-refractivity contribution in [2.75, 3.05) is 0 Å². The molecule has 4 rings (SSSR count). The van der Waals surface area contributed by atoms with Gasteiger partial charge in [0, 0.05) is 0 Å². The lowest BCUT2D eigenvalue weighted by atomic mass is 9.76. The SMILES string of the molecule is CCCC1CCC(C(=O)Oc2ccc(C3CCC(c4ccc(C)cc4)CC3)cc2)CC1. The molecule has 2 fully saturated rings. The number of carbonyl (C=O) groups excluding carboxylic acids is 1. The number of hydrogen-bond acceptors (Lipinski definition) is 2. The topological polar surface area (TPSA) is 26.3 Å². The molecular formula is C29H38O2. The molecule has 2 heteroatoms. The fourth-order valence-corrected chi connectivity index (χ4v) is 5.70. The monoisotopic (exact) mass is 418 g/mol. The average molecular weight is 419 g/mol. The van der Waals surface area contributed by atoms with Gasteiger partial charge < -0.3 is 4.74 Å². The maximum atomic E-state index is 12.6. The van der Waals surface area contributed by atoms with Gasteiger partial charge in [-0.3, -0.25) is 4.79 Å². The number of esters is 1. The molecule has 0 aliphatic heterocycles. The zero-order valence-corrected chi connectivity index (χ0v) is 19.3. The van der Waals surface area contributed by atoms with Crippen LogP contribution in [0.2, 0.25) is 0 Å². The molecule has 0 atom stereocenters. The minimum absolute atomic E-state index is 0.0266. The molecule has 31 heavy (non-hydrogen) atoms. The van der Waals surface area contributed by atoms with E-state index in [-0.39, 0.29) is 11.9 Å². The predicted octanol–water partition coefficient (Wildman–Crippen LogP) is 7.95. The summed E-state index contributed by atoms with van der Waals surface area (Å²) >= 11 is 0. The summed E-state index contributed by atoms with van der Waals surface area (Å²) in [5, 5.41) is 0. The Bertz CT molecular complexity index is 820. The fraction of sp³-hybridized carbons (Fsp3) is 0.552. The Morgan fingerprint density at radius 1 is 0.774 bits per heavy atom. The molecular weight excluding hydrogens is 380 g/mol. The van der Waals surface area contributed by atoms with Gasteiger partial charge in [0.05, 0.1) is 5.92 Å². The zero-order valence-electron chi connectivity index (χ0n) is 19.3. The van der Waals surface area contributed by atoms with Crippen molar-refractivity contribution in [1.29, 1.82) is 0 Å². The Morgan fingerprint density at radius 2 is 1.29 bits per heavy atom. The van der Waals surface area contributed by atoms with Crippen molar-refractivity contribution in [3.8, 4) is 5.75 Å². The molecule has 166 valence electrons. The third-order valence-electron chi connectivity index (χ3n) is 7.72. The maximum Gasteiger partial charge on any atom is 0.314 e. The van der Waals surface area contributed by atoms with Crippen LogP contribution in [-0.2, 0) is 4.79 Å². The number of carbonyl (C=O) groups is 1. The molecule has 2 nitrogen and oxygen atoms in total. The van der Waals surface area contributed by atoms with E-state index in [2.05, 4.69) is 50.2 Å². The van der Waals surface area contributed by atoms with Gasteiger partial charge >= 0.3 is 5.97 Å². The lowest BCUT2D eigenvalue weighted by molar-refractivity contribution is -0.140. The first-order chi connectivity index (χ1) is 15.1. The molecule has 0 N–H and O–H groups in total. The maximum absolute atomic E-state index is 12.6. The Balaban J connectivity index is 1.26. The smallest absolute Gasteiger partial charge is 0.314 e. The van der Waals surface area contributed by atoms with Crippen molar-refractivity contribution < 1.29 is 9.53 Å². The molecule has 0 unspecified atom stereocenters. The van der Waals surface area contributed by atoms with Crippen molar-refractivity contribution in [2.45, 2.75) is 89.9 Å². The van der Waals surface area contributed by atoms with Gasteiger partial charge in [0.15, 0.2) is 0 Å². The highest BCUT2D eigenvalue weighted by Crippen LogP contribution is 2.41. The van der Waals surface area contributed by atoms with E-state index in [1.807, 2.05) is 12.1 Å². The first-order valence-electron chi connectivity index (χ1n) is 12.5. The molecule has 2 aliphatic rings. The van der Waals surface area contributed by atoms with Gasteiger partial charge in [0.2, 0.25) is 0 Å². The molecule has 0 radical (unpaired) electrons. The van der Waals surface area contributed by atoms with Gasteiger partial charge in [-0.05, 0) is 99.3 Å². The van der Waals surface area contributed by atoms with Gasteiger partial charge in [-0.25, -0.2) is 0 Å². The van der Waals surface area contributed by atoms with Crippen molar-refractivity contribution in [3.63, 3.8) is 0 Å². The van der Waals surface area contributed by atoms with Crippen molar-refractivity contribution in [3.05, 3.63) is 65.2 Å². The summed E-state index contributed by atoms with van der Waals surface area (Å²) in [4.78, 5) is 12.6. The Hall–Kier alpha value is -2.09. The molecule has 2 aromatic carbocycles. The predicted molar refractivity (Wildman–Crippen MR) is 128 cm³/mol. The van der Waals surface area contributed by atoms with Crippen LogP contribution in [0, 0.1) is 18.8 Å². The molecule has 0 heterocycles. The highest BCUT2D eigenvalue weighted by atomic mass is 16.5. The Labute approximate surface area is 188 Å². The van der Waals surface area contributed by atoms with Gasteiger partial charge in [0.1, 0.15) is 5.75 Å². The average Bonchev–Trinajstić information content (AvgIpc) is 2.81. The number of hydrogen-bond donors (Lipinski definition) is 0. The summed E-state index contributed by atoms with van der Waals surface area (Å²) in [7, 11) is 0. The van der Waals surface area contributed by atoms with Gasteiger partial charge in [-0.2, -0.15) is 0 Å². The summed E-state index contributed by atoms with van der Waals surface area (Å²) in [6, 6.07) is 17.4. The van der Waals surface area contributed by atoms with E-state index >= 15 is 0 Å². The summed E-state index contributed by atoms with van der Waals surface area (Å²) in [5.41, 5.74) is 4.22. The summed E-state index contributed by atoms with van der Waals surface area (Å²) in [6.45, 7) is 4.40. The largest absolute Gasteiger partial charge is 0.426 e. The van der Waals surface area contributed by atoms with Crippen LogP contribution in [0.5, 0.6) is 5.75 Å². The standard InChI is InChI=1S/C29H38O2/c1-3-4-22-7-11-27(12-8-22)29(30)31-28-19-17-26(18-20-28)25-15-13-24(14-16-25)23-9-5-21(2)6-10-23/h5-6,9-10,17-20,22,24-25,27H,3-4,7-8,11-16H2,1-2H3. The van der Waals surface area contributed by atoms with Crippen LogP contribution >= 0.6 is 0 Å². The molecule has 2 aromatic rings. The van der Waals surface area contributed by atoms with Crippen molar-refractivity contribution in [1.82, 2.24) is 0 Å². The Morgan fingerprint density at radius 3 is 1.81 bits per heavy atom. The number of rotatable bonds is 6. The van der Waals surface area contributed by atoms with E-state index in [0.717, 1.165) is 18.8 Å². The Kier molecular flexibility index (Phi) is 7.48. The van der Waals surface area contributed by atoms with Gasteiger partial charge in [-0.1, -0.05) is 61.7 Å². The van der Waals surface area contributed by atoms with Crippen LogP contribution in [0.3, 0.4) is 0 Å². The lowest BCUT2D eigenvalue weighted by Gasteiger charge is -2.29. The van der Waals surface area contributed by atoms with E-state index < -0.39 is 0 Å².